The van der Waals surface area contributed by atoms with E-state index in [1.54, 1.807) is 16.9 Å². The van der Waals surface area contributed by atoms with Gasteiger partial charge in [-0.1, -0.05) is 13.3 Å². The Hall–Kier alpha value is -1.62. The molecule has 0 unspecified atom stereocenters. The number of rotatable bonds is 4. The quantitative estimate of drug-likeness (QED) is 0.907. The van der Waals surface area contributed by atoms with E-state index in [4.69, 9.17) is 5.11 Å². The van der Waals surface area contributed by atoms with Crippen molar-refractivity contribution in [2.24, 2.45) is 7.05 Å². The SMILES string of the molecule is CCCc1sc(C(=O)O)cc1-c1ccnn1C. The summed E-state index contributed by atoms with van der Waals surface area (Å²) in [5, 5.41) is 13.2. The van der Waals surface area contributed by atoms with Crippen molar-refractivity contribution >= 4 is 17.3 Å². The molecule has 2 aromatic rings. The summed E-state index contributed by atoms with van der Waals surface area (Å²) >= 11 is 1.36. The van der Waals surface area contributed by atoms with Gasteiger partial charge in [-0.05, 0) is 18.6 Å². The van der Waals surface area contributed by atoms with E-state index in [9.17, 15) is 4.79 Å². The Morgan fingerprint density at radius 2 is 2.35 bits per heavy atom. The molecule has 0 aliphatic heterocycles. The van der Waals surface area contributed by atoms with E-state index < -0.39 is 5.97 Å². The predicted molar refractivity (Wildman–Crippen MR) is 67.5 cm³/mol. The van der Waals surface area contributed by atoms with Gasteiger partial charge in [0.2, 0.25) is 0 Å². The van der Waals surface area contributed by atoms with Crippen LogP contribution in [0.4, 0.5) is 0 Å². The number of aryl methyl sites for hydroxylation is 2. The molecule has 17 heavy (non-hydrogen) atoms. The van der Waals surface area contributed by atoms with Crippen LogP contribution in [0, 0.1) is 0 Å². The fraction of sp³-hybridized carbons (Fsp3) is 0.333. The van der Waals surface area contributed by atoms with Crippen LogP contribution < -0.4 is 0 Å². The Morgan fingerprint density at radius 1 is 1.59 bits per heavy atom. The first-order valence-corrected chi connectivity index (χ1v) is 6.29. The Labute approximate surface area is 104 Å². The number of hydrogen-bond donors (Lipinski definition) is 1. The van der Waals surface area contributed by atoms with E-state index in [1.165, 1.54) is 11.3 Å². The average molecular weight is 250 g/mol. The van der Waals surface area contributed by atoms with Gasteiger partial charge in [-0.25, -0.2) is 4.79 Å². The molecule has 0 bridgehead atoms. The van der Waals surface area contributed by atoms with E-state index in [0.29, 0.717) is 4.88 Å². The zero-order valence-corrected chi connectivity index (χ0v) is 10.6. The van der Waals surface area contributed by atoms with Crippen LogP contribution in [0.2, 0.25) is 0 Å². The van der Waals surface area contributed by atoms with Crippen molar-refractivity contribution < 1.29 is 9.90 Å². The number of aromatic nitrogens is 2. The molecule has 0 atom stereocenters. The third kappa shape index (κ3) is 2.24. The van der Waals surface area contributed by atoms with Crippen molar-refractivity contribution in [1.29, 1.82) is 0 Å². The first-order chi connectivity index (χ1) is 8.13. The van der Waals surface area contributed by atoms with Crippen LogP contribution in [-0.4, -0.2) is 20.9 Å². The third-order valence-corrected chi connectivity index (χ3v) is 3.78. The van der Waals surface area contributed by atoms with Crippen molar-refractivity contribution in [3.63, 3.8) is 0 Å². The summed E-state index contributed by atoms with van der Waals surface area (Å²) in [5.74, 6) is -0.860. The van der Waals surface area contributed by atoms with Gasteiger partial charge >= 0.3 is 5.97 Å². The number of thiophene rings is 1. The molecule has 4 nitrogen and oxygen atoms in total. The van der Waals surface area contributed by atoms with Gasteiger partial charge in [0.1, 0.15) is 4.88 Å². The highest BCUT2D eigenvalue weighted by Gasteiger charge is 2.16. The van der Waals surface area contributed by atoms with E-state index in [0.717, 1.165) is 29.0 Å². The lowest BCUT2D eigenvalue weighted by atomic mass is 10.1. The molecule has 0 saturated carbocycles. The Bertz CT molecular complexity index is 542. The average Bonchev–Trinajstić information content (AvgIpc) is 2.85. The van der Waals surface area contributed by atoms with E-state index in [-0.39, 0.29) is 0 Å². The second-order valence-corrected chi connectivity index (χ2v) is 4.98. The zero-order valence-electron chi connectivity index (χ0n) is 9.80. The second kappa shape index (κ2) is 4.71. The number of hydrogen-bond acceptors (Lipinski definition) is 3. The molecule has 5 heteroatoms. The molecule has 2 aromatic heterocycles. The summed E-state index contributed by atoms with van der Waals surface area (Å²) in [4.78, 5) is 12.5. The van der Waals surface area contributed by atoms with E-state index >= 15 is 0 Å². The normalized spacial score (nSPS) is 10.7. The second-order valence-electron chi connectivity index (χ2n) is 3.84. The third-order valence-electron chi connectivity index (χ3n) is 2.59. The molecule has 0 radical (unpaired) electrons. The molecule has 0 aromatic carbocycles. The Morgan fingerprint density at radius 3 is 2.88 bits per heavy atom. The summed E-state index contributed by atoms with van der Waals surface area (Å²) in [6, 6.07) is 3.65. The van der Waals surface area contributed by atoms with Crippen molar-refractivity contribution in [3.05, 3.63) is 28.1 Å². The van der Waals surface area contributed by atoms with Gasteiger partial charge in [0.15, 0.2) is 0 Å². The molecule has 0 fully saturated rings. The predicted octanol–water partition coefficient (Wildman–Crippen LogP) is 2.80. The van der Waals surface area contributed by atoms with Crippen molar-refractivity contribution in [1.82, 2.24) is 9.78 Å². The van der Waals surface area contributed by atoms with Crippen LogP contribution in [0.3, 0.4) is 0 Å². The van der Waals surface area contributed by atoms with Crippen molar-refractivity contribution in [2.75, 3.05) is 0 Å². The minimum Gasteiger partial charge on any atom is -0.477 e. The first kappa shape index (κ1) is 11.9. The maximum atomic E-state index is 11.0. The molecule has 0 spiro atoms. The lowest BCUT2D eigenvalue weighted by Gasteiger charge is -2.02. The molecular formula is C12H14N2O2S. The van der Waals surface area contributed by atoms with Crippen molar-refractivity contribution in [2.45, 2.75) is 19.8 Å². The highest BCUT2D eigenvalue weighted by molar-refractivity contribution is 7.14. The largest absolute Gasteiger partial charge is 0.477 e. The number of nitrogens with zero attached hydrogens (tertiary/aromatic N) is 2. The maximum Gasteiger partial charge on any atom is 0.345 e. The minimum absolute atomic E-state index is 0.393. The Balaban J connectivity index is 2.51. The molecule has 0 aliphatic rings. The van der Waals surface area contributed by atoms with Crippen molar-refractivity contribution in [3.8, 4) is 11.3 Å². The van der Waals surface area contributed by atoms with E-state index in [2.05, 4.69) is 12.0 Å². The van der Waals surface area contributed by atoms with Gasteiger partial charge < -0.3 is 5.11 Å². The molecule has 2 heterocycles. The number of carboxylic acid groups (broad SMARTS) is 1. The van der Waals surface area contributed by atoms with E-state index in [1.807, 2.05) is 13.1 Å². The van der Waals surface area contributed by atoms with Crippen LogP contribution in [0.5, 0.6) is 0 Å². The number of carboxylic acids is 1. The highest BCUT2D eigenvalue weighted by Crippen LogP contribution is 2.32. The Kier molecular flexibility index (Phi) is 3.28. The van der Waals surface area contributed by atoms with Crippen LogP contribution >= 0.6 is 11.3 Å². The zero-order chi connectivity index (χ0) is 12.4. The summed E-state index contributed by atoms with van der Waals surface area (Å²) in [6.07, 6.45) is 3.63. The molecule has 0 saturated heterocycles. The molecule has 2 rings (SSSR count). The molecule has 0 amide bonds. The standard InChI is InChI=1S/C12H14N2O2S/c1-3-4-10-8(7-11(17-10)12(15)16)9-5-6-13-14(9)2/h5-7H,3-4H2,1-2H3,(H,15,16). The smallest absolute Gasteiger partial charge is 0.345 e. The summed E-state index contributed by atoms with van der Waals surface area (Å²) < 4.78 is 1.77. The van der Waals surface area contributed by atoms with Gasteiger partial charge in [0, 0.05) is 23.7 Å². The van der Waals surface area contributed by atoms with Gasteiger partial charge in [0.05, 0.1) is 5.69 Å². The lowest BCUT2D eigenvalue weighted by Crippen LogP contribution is -1.94. The van der Waals surface area contributed by atoms with Crippen LogP contribution in [0.15, 0.2) is 18.3 Å². The fourth-order valence-corrected chi connectivity index (χ4v) is 2.91. The molecular weight excluding hydrogens is 236 g/mol. The van der Waals surface area contributed by atoms with Crippen LogP contribution in [0.1, 0.15) is 27.9 Å². The maximum absolute atomic E-state index is 11.0. The lowest BCUT2D eigenvalue weighted by molar-refractivity contribution is 0.0702. The van der Waals surface area contributed by atoms with Gasteiger partial charge in [0.25, 0.3) is 0 Å². The first-order valence-electron chi connectivity index (χ1n) is 5.48. The summed E-state index contributed by atoms with van der Waals surface area (Å²) in [5.41, 5.74) is 1.96. The summed E-state index contributed by atoms with van der Waals surface area (Å²) in [6.45, 7) is 2.09. The molecule has 90 valence electrons. The highest BCUT2D eigenvalue weighted by atomic mass is 32.1. The van der Waals surface area contributed by atoms with Gasteiger partial charge in [-0.3, -0.25) is 4.68 Å². The minimum atomic E-state index is -0.860. The summed E-state index contributed by atoms with van der Waals surface area (Å²) in [7, 11) is 1.86. The topological polar surface area (TPSA) is 55.1 Å². The fourth-order valence-electron chi connectivity index (χ4n) is 1.80. The van der Waals surface area contributed by atoms with Crippen LogP contribution in [0.25, 0.3) is 11.3 Å². The monoisotopic (exact) mass is 250 g/mol. The number of carbonyl (C=O) groups is 1. The van der Waals surface area contributed by atoms with Gasteiger partial charge in [-0.2, -0.15) is 5.10 Å². The molecule has 0 aliphatic carbocycles. The molecule has 1 N–H and O–H groups in total. The van der Waals surface area contributed by atoms with Crippen LogP contribution in [-0.2, 0) is 13.5 Å². The van der Waals surface area contributed by atoms with Gasteiger partial charge in [-0.15, -0.1) is 11.3 Å². The number of aromatic carboxylic acids is 1.